The fraction of sp³-hybridized carbons (Fsp3) is 0.240. The van der Waals surface area contributed by atoms with Gasteiger partial charge in [-0.05, 0) is 36.2 Å². The molecule has 0 N–H and O–H groups in total. The van der Waals surface area contributed by atoms with Gasteiger partial charge in [0.05, 0.1) is 0 Å². The Morgan fingerprint density at radius 3 is 2.55 bits per heavy atom. The van der Waals surface area contributed by atoms with Gasteiger partial charge in [-0.25, -0.2) is 0 Å². The van der Waals surface area contributed by atoms with Crippen LogP contribution in [0, 0.1) is 0 Å². The standard InChI is InChI=1S/C25H25N5O/c31-25(29-15-7-14-28(16-17-29)24-12-6-13-26-27-24)19-30-22-11-5-4-10-21(22)18-23(30)20-8-2-1-3-9-20/h1-6,8-13,18H,7,14-17,19H2. The van der Waals surface area contributed by atoms with Crippen LogP contribution >= 0.6 is 0 Å². The molecule has 2 aromatic carbocycles. The smallest absolute Gasteiger partial charge is 0.242 e. The fourth-order valence-corrected chi connectivity index (χ4v) is 4.32. The third-order valence-corrected chi connectivity index (χ3v) is 5.90. The van der Waals surface area contributed by atoms with Gasteiger partial charge in [-0.3, -0.25) is 4.79 Å². The lowest BCUT2D eigenvalue weighted by molar-refractivity contribution is -0.131. The number of carbonyl (C=O) groups excluding carboxylic acids is 1. The second-order valence-electron chi connectivity index (χ2n) is 7.84. The lowest BCUT2D eigenvalue weighted by Gasteiger charge is -2.23. The Morgan fingerprint density at radius 2 is 1.71 bits per heavy atom. The summed E-state index contributed by atoms with van der Waals surface area (Å²) >= 11 is 0. The Bertz CT molecular complexity index is 1170. The molecule has 6 nitrogen and oxygen atoms in total. The van der Waals surface area contributed by atoms with Crippen molar-refractivity contribution in [2.75, 3.05) is 31.1 Å². The quantitative estimate of drug-likeness (QED) is 0.512. The van der Waals surface area contributed by atoms with Crippen LogP contribution in [0.1, 0.15) is 6.42 Å². The van der Waals surface area contributed by atoms with Gasteiger partial charge in [-0.1, -0.05) is 48.5 Å². The highest BCUT2D eigenvalue weighted by atomic mass is 16.2. The first-order chi connectivity index (χ1) is 15.3. The summed E-state index contributed by atoms with van der Waals surface area (Å²) in [6, 6.07) is 24.6. The van der Waals surface area contributed by atoms with Crippen LogP contribution in [0.15, 0.2) is 79.0 Å². The van der Waals surface area contributed by atoms with E-state index in [1.807, 2.05) is 47.4 Å². The number of para-hydroxylation sites is 1. The predicted octanol–water partition coefficient (Wildman–Crippen LogP) is 3.84. The highest BCUT2D eigenvalue weighted by Crippen LogP contribution is 2.28. The number of amides is 1. The first-order valence-corrected chi connectivity index (χ1v) is 10.7. The molecule has 0 unspecified atom stereocenters. The summed E-state index contributed by atoms with van der Waals surface area (Å²) in [5.41, 5.74) is 3.29. The van der Waals surface area contributed by atoms with Gasteiger partial charge < -0.3 is 14.4 Å². The van der Waals surface area contributed by atoms with Crippen molar-refractivity contribution in [3.63, 3.8) is 0 Å². The predicted molar refractivity (Wildman–Crippen MR) is 123 cm³/mol. The zero-order valence-corrected chi connectivity index (χ0v) is 17.4. The average molecular weight is 412 g/mol. The van der Waals surface area contributed by atoms with E-state index in [0.717, 1.165) is 54.0 Å². The molecule has 0 bridgehead atoms. The van der Waals surface area contributed by atoms with Gasteiger partial charge in [-0.2, -0.15) is 5.10 Å². The van der Waals surface area contributed by atoms with Crippen LogP contribution in [-0.4, -0.2) is 51.8 Å². The van der Waals surface area contributed by atoms with Gasteiger partial charge in [0.25, 0.3) is 0 Å². The summed E-state index contributed by atoms with van der Waals surface area (Å²) in [4.78, 5) is 17.5. The maximum absolute atomic E-state index is 13.3. The lowest BCUT2D eigenvalue weighted by atomic mass is 10.1. The van der Waals surface area contributed by atoms with Crippen molar-refractivity contribution in [1.82, 2.24) is 19.7 Å². The number of benzene rings is 2. The number of anilines is 1. The monoisotopic (exact) mass is 411 g/mol. The average Bonchev–Trinajstić information content (AvgIpc) is 3.01. The molecule has 2 aromatic heterocycles. The Kier molecular flexibility index (Phi) is 5.35. The minimum Gasteiger partial charge on any atom is -0.353 e. The second kappa shape index (κ2) is 8.60. The summed E-state index contributed by atoms with van der Waals surface area (Å²) < 4.78 is 2.15. The topological polar surface area (TPSA) is 54.3 Å². The van der Waals surface area contributed by atoms with E-state index in [2.05, 4.69) is 50.0 Å². The highest BCUT2D eigenvalue weighted by Gasteiger charge is 2.22. The second-order valence-corrected chi connectivity index (χ2v) is 7.84. The molecule has 6 heteroatoms. The fourth-order valence-electron chi connectivity index (χ4n) is 4.32. The number of carbonyl (C=O) groups is 1. The van der Waals surface area contributed by atoms with Crippen molar-refractivity contribution in [2.24, 2.45) is 0 Å². The van der Waals surface area contributed by atoms with Crippen LogP contribution in [0.2, 0.25) is 0 Å². The van der Waals surface area contributed by atoms with Crippen LogP contribution in [0.5, 0.6) is 0 Å². The molecular weight excluding hydrogens is 386 g/mol. The lowest BCUT2D eigenvalue weighted by Crippen LogP contribution is -2.37. The largest absolute Gasteiger partial charge is 0.353 e. The van der Waals surface area contributed by atoms with Crippen molar-refractivity contribution < 1.29 is 4.79 Å². The SMILES string of the molecule is O=C(Cn1c(-c2ccccc2)cc2ccccc21)N1CCCN(c2cccnn2)CC1. The van der Waals surface area contributed by atoms with Crippen molar-refractivity contribution >= 4 is 22.6 Å². The molecule has 0 atom stereocenters. The maximum Gasteiger partial charge on any atom is 0.242 e. The minimum absolute atomic E-state index is 0.152. The number of fused-ring (bicyclic) bond motifs is 1. The Morgan fingerprint density at radius 1 is 0.871 bits per heavy atom. The van der Waals surface area contributed by atoms with Gasteiger partial charge >= 0.3 is 0 Å². The third kappa shape index (κ3) is 4.01. The van der Waals surface area contributed by atoms with Gasteiger partial charge in [0, 0.05) is 49.0 Å². The van der Waals surface area contributed by atoms with E-state index in [-0.39, 0.29) is 5.91 Å². The molecule has 3 heterocycles. The van der Waals surface area contributed by atoms with E-state index in [9.17, 15) is 4.79 Å². The summed E-state index contributed by atoms with van der Waals surface area (Å²) in [5, 5.41) is 9.36. The normalized spacial score (nSPS) is 14.6. The summed E-state index contributed by atoms with van der Waals surface area (Å²) in [6.07, 6.45) is 2.60. The van der Waals surface area contributed by atoms with E-state index in [1.54, 1.807) is 6.20 Å². The number of hydrogen-bond acceptors (Lipinski definition) is 4. The molecule has 31 heavy (non-hydrogen) atoms. The number of hydrogen-bond donors (Lipinski definition) is 0. The van der Waals surface area contributed by atoms with E-state index in [0.29, 0.717) is 13.1 Å². The molecule has 0 radical (unpaired) electrons. The van der Waals surface area contributed by atoms with E-state index in [1.165, 1.54) is 0 Å². The molecule has 5 rings (SSSR count). The molecule has 156 valence electrons. The summed E-state index contributed by atoms with van der Waals surface area (Å²) in [5.74, 6) is 1.03. The summed E-state index contributed by atoms with van der Waals surface area (Å²) in [6.45, 7) is 3.43. The number of aromatic nitrogens is 3. The molecule has 1 fully saturated rings. The molecule has 0 spiro atoms. The van der Waals surface area contributed by atoms with Crippen molar-refractivity contribution in [1.29, 1.82) is 0 Å². The Labute approximate surface area is 181 Å². The maximum atomic E-state index is 13.3. The zero-order chi connectivity index (χ0) is 21.0. The van der Waals surface area contributed by atoms with E-state index in [4.69, 9.17) is 0 Å². The molecule has 1 saturated heterocycles. The first kappa shape index (κ1) is 19.3. The van der Waals surface area contributed by atoms with Crippen molar-refractivity contribution in [3.05, 3.63) is 79.0 Å². The van der Waals surface area contributed by atoms with Crippen LogP contribution in [-0.2, 0) is 11.3 Å². The van der Waals surface area contributed by atoms with Gasteiger partial charge in [-0.15, -0.1) is 5.10 Å². The number of rotatable bonds is 4. The molecular formula is C25H25N5O. The highest BCUT2D eigenvalue weighted by molar-refractivity contribution is 5.89. The van der Waals surface area contributed by atoms with E-state index >= 15 is 0 Å². The molecule has 0 aliphatic carbocycles. The van der Waals surface area contributed by atoms with Crippen molar-refractivity contribution in [2.45, 2.75) is 13.0 Å². The zero-order valence-electron chi connectivity index (χ0n) is 17.4. The molecule has 1 amide bonds. The number of nitrogens with zero attached hydrogens (tertiary/aromatic N) is 5. The first-order valence-electron chi connectivity index (χ1n) is 10.7. The third-order valence-electron chi connectivity index (χ3n) is 5.90. The molecule has 1 aliphatic heterocycles. The van der Waals surface area contributed by atoms with Crippen LogP contribution in [0.4, 0.5) is 5.82 Å². The van der Waals surface area contributed by atoms with Gasteiger partial charge in [0.15, 0.2) is 5.82 Å². The summed E-state index contributed by atoms with van der Waals surface area (Å²) in [7, 11) is 0. The Balaban J connectivity index is 1.38. The van der Waals surface area contributed by atoms with Gasteiger partial charge in [0.1, 0.15) is 6.54 Å². The van der Waals surface area contributed by atoms with E-state index < -0.39 is 0 Å². The van der Waals surface area contributed by atoms with Crippen LogP contribution < -0.4 is 4.90 Å². The minimum atomic E-state index is 0.152. The van der Waals surface area contributed by atoms with Crippen LogP contribution in [0.25, 0.3) is 22.2 Å². The molecule has 4 aromatic rings. The molecule has 1 aliphatic rings. The van der Waals surface area contributed by atoms with Crippen molar-refractivity contribution in [3.8, 4) is 11.3 Å². The molecule has 0 saturated carbocycles. The Hall–Kier alpha value is -3.67. The van der Waals surface area contributed by atoms with Crippen LogP contribution in [0.3, 0.4) is 0 Å². The van der Waals surface area contributed by atoms with Gasteiger partial charge in [0.2, 0.25) is 5.91 Å².